The minimum Gasteiger partial charge on any atom is -0.455 e. The molecule has 5 aromatic heterocycles. The summed E-state index contributed by atoms with van der Waals surface area (Å²) in [6.45, 7) is 0. The van der Waals surface area contributed by atoms with Crippen molar-refractivity contribution in [3.05, 3.63) is 127 Å². The van der Waals surface area contributed by atoms with Crippen LogP contribution in [0.2, 0.25) is 0 Å². The molecular weight excluding hydrogens is 526 g/mol. The molecule has 0 spiro atoms. The van der Waals surface area contributed by atoms with Gasteiger partial charge in [-0.2, -0.15) is 0 Å². The third kappa shape index (κ3) is 2.56. The van der Waals surface area contributed by atoms with Crippen LogP contribution in [0.15, 0.2) is 132 Å². The molecule has 11 aromatic rings. The summed E-state index contributed by atoms with van der Waals surface area (Å²) in [5.41, 5.74) is 10.5. The van der Waals surface area contributed by atoms with Crippen molar-refractivity contribution >= 4 is 98.4 Å². The van der Waals surface area contributed by atoms with E-state index in [9.17, 15) is 0 Å². The highest BCUT2D eigenvalue weighted by Gasteiger charge is 2.22. The number of rotatable bonds is 0. The van der Waals surface area contributed by atoms with Gasteiger partial charge in [-0.3, -0.25) is 0 Å². The van der Waals surface area contributed by atoms with Gasteiger partial charge in [-0.1, -0.05) is 84.9 Å². The summed E-state index contributed by atoms with van der Waals surface area (Å²) >= 11 is 0. The Morgan fingerprint density at radius 2 is 1.07 bits per heavy atom. The first-order valence-electron chi connectivity index (χ1n) is 14.7. The van der Waals surface area contributed by atoms with E-state index in [-0.39, 0.29) is 0 Å². The molecule has 4 heteroatoms. The van der Waals surface area contributed by atoms with E-state index in [1.807, 2.05) is 6.07 Å². The van der Waals surface area contributed by atoms with Crippen molar-refractivity contribution in [1.29, 1.82) is 0 Å². The fourth-order valence-corrected chi connectivity index (χ4v) is 7.65. The van der Waals surface area contributed by atoms with Crippen molar-refractivity contribution in [3.63, 3.8) is 0 Å². The van der Waals surface area contributed by atoms with Gasteiger partial charge in [0.15, 0.2) is 0 Å². The zero-order valence-electron chi connectivity index (χ0n) is 22.9. The van der Waals surface area contributed by atoms with Gasteiger partial charge in [0.2, 0.25) is 0 Å². The lowest BCUT2D eigenvalue weighted by Crippen LogP contribution is -1.96. The van der Waals surface area contributed by atoms with Crippen molar-refractivity contribution in [2.75, 3.05) is 0 Å². The van der Waals surface area contributed by atoms with Gasteiger partial charge in [-0.15, -0.1) is 0 Å². The van der Waals surface area contributed by atoms with Crippen molar-refractivity contribution in [3.8, 4) is 0 Å². The van der Waals surface area contributed by atoms with Crippen LogP contribution in [0.1, 0.15) is 0 Å². The van der Waals surface area contributed by atoms with E-state index in [1.165, 1.54) is 43.6 Å². The van der Waals surface area contributed by atoms with Crippen LogP contribution in [0.3, 0.4) is 0 Å². The Morgan fingerprint density at radius 1 is 0.465 bits per heavy atom. The Labute approximate surface area is 243 Å². The van der Waals surface area contributed by atoms with E-state index >= 15 is 0 Å². The number of para-hydroxylation sites is 4. The maximum absolute atomic E-state index is 6.77. The van der Waals surface area contributed by atoms with Gasteiger partial charge in [0.25, 0.3) is 0 Å². The summed E-state index contributed by atoms with van der Waals surface area (Å²) in [6, 6.07) is 45.6. The van der Waals surface area contributed by atoms with Crippen LogP contribution < -0.4 is 0 Å². The topological polar surface area (TPSA) is 34.9 Å². The van der Waals surface area contributed by atoms with Gasteiger partial charge < -0.3 is 13.2 Å². The lowest BCUT2D eigenvalue weighted by molar-refractivity contribution is 0.673. The average molecular weight is 548 g/mol. The third-order valence-electron chi connectivity index (χ3n) is 9.42. The number of fused-ring (bicyclic) bond motifs is 16. The van der Waals surface area contributed by atoms with E-state index in [1.54, 1.807) is 0 Å². The summed E-state index contributed by atoms with van der Waals surface area (Å²) < 4.78 is 11.7. The first-order valence-corrected chi connectivity index (χ1v) is 14.7. The zero-order chi connectivity index (χ0) is 27.8. The maximum atomic E-state index is 6.77. The quantitative estimate of drug-likeness (QED) is 0.189. The normalized spacial score (nSPS) is 12.7. The predicted octanol–water partition coefficient (Wildman–Crippen LogP) is 10.4. The molecule has 43 heavy (non-hydrogen) atoms. The summed E-state index contributed by atoms with van der Waals surface area (Å²) in [7, 11) is 0. The zero-order valence-corrected chi connectivity index (χ0v) is 22.9. The molecule has 0 radical (unpaired) electrons. The molecule has 11 rings (SSSR count). The predicted molar refractivity (Wildman–Crippen MR) is 178 cm³/mol. The molecule has 0 amide bonds. The Balaban J connectivity index is 1.62. The van der Waals surface area contributed by atoms with E-state index in [0.29, 0.717) is 0 Å². The highest BCUT2D eigenvalue weighted by Crippen LogP contribution is 2.43. The van der Waals surface area contributed by atoms with Crippen LogP contribution in [0.4, 0.5) is 0 Å². The molecule has 0 bridgehead atoms. The fourth-order valence-electron chi connectivity index (χ4n) is 7.65. The molecule has 0 N–H and O–H groups in total. The summed E-state index contributed by atoms with van der Waals surface area (Å²) in [4.78, 5) is 5.46. The molecular formula is C39H21N3O. The summed E-state index contributed by atoms with van der Waals surface area (Å²) in [6.07, 6.45) is 0. The lowest BCUT2D eigenvalue weighted by Gasteiger charge is -2.12. The van der Waals surface area contributed by atoms with Crippen molar-refractivity contribution in [2.24, 2.45) is 0 Å². The molecule has 0 saturated heterocycles. The van der Waals surface area contributed by atoms with Gasteiger partial charge in [-0.25, -0.2) is 4.98 Å². The standard InChI is InChI=1S/C39H21N3O/c1-5-13-29-22(9-1)21-33-36(40-29)35-32(20-19-28-25-12-4-8-16-34(25)43-39(28)35)41-30-14-6-2-10-23(30)26-17-18-27-24-11-3-7-15-31(24)42(33)38(27)37(26)41/h1-21H. The second-order valence-corrected chi connectivity index (χ2v) is 11.5. The van der Waals surface area contributed by atoms with Crippen LogP contribution in [0.25, 0.3) is 98.4 Å². The Kier molecular flexibility index (Phi) is 3.80. The van der Waals surface area contributed by atoms with Crippen LogP contribution in [-0.4, -0.2) is 13.8 Å². The molecule has 0 aliphatic carbocycles. The molecule has 6 aromatic carbocycles. The number of nitrogens with zero attached hydrogens (tertiary/aromatic N) is 3. The smallest absolute Gasteiger partial charge is 0.147 e. The highest BCUT2D eigenvalue weighted by atomic mass is 16.3. The van der Waals surface area contributed by atoms with E-state index in [4.69, 9.17) is 9.40 Å². The van der Waals surface area contributed by atoms with Gasteiger partial charge >= 0.3 is 0 Å². The molecule has 0 aliphatic rings. The summed E-state index contributed by atoms with van der Waals surface area (Å²) in [5, 5.41) is 9.27. The first-order chi connectivity index (χ1) is 21.3. The third-order valence-corrected chi connectivity index (χ3v) is 9.42. The number of benzene rings is 6. The minimum absolute atomic E-state index is 0.862. The second-order valence-electron chi connectivity index (χ2n) is 11.5. The van der Waals surface area contributed by atoms with Gasteiger partial charge in [0, 0.05) is 37.7 Å². The Hall–Kier alpha value is -5.87. The molecule has 0 saturated carbocycles. The number of aromatic nitrogens is 3. The number of hydrogen-bond donors (Lipinski definition) is 0. The van der Waals surface area contributed by atoms with Gasteiger partial charge in [0.1, 0.15) is 16.7 Å². The fraction of sp³-hybridized carbons (Fsp3) is 0. The maximum Gasteiger partial charge on any atom is 0.147 e. The van der Waals surface area contributed by atoms with Crippen molar-refractivity contribution in [1.82, 2.24) is 13.8 Å². The average Bonchev–Trinajstić information content (AvgIpc) is 3.71. The molecule has 0 atom stereocenters. The first kappa shape index (κ1) is 21.8. The molecule has 0 unspecified atom stereocenters. The van der Waals surface area contributed by atoms with Gasteiger partial charge in [-0.05, 0) is 42.5 Å². The van der Waals surface area contributed by atoms with Crippen molar-refractivity contribution in [2.45, 2.75) is 0 Å². The number of pyridine rings is 1. The number of hydrogen-bond acceptors (Lipinski definition) is 2. The lowest BCUT2D eigenvalue weighted by atomic mass is 10.1. The molecule has 0 aliphatic heterocycles. The molecule has 0 fully saturated rings. The molecule has 4 nitrogen and oxygen atoms in total. The van der Waals surface area contributed by atoms with Crippen LogP contribution in [0.5, 0.6) is 0 Å². The minimum atomic E-state index is 0.862. The molecule has 5 heterocycles. The van der Waals surface area contributed by atoms with Crippen LogP contribution in [0, 0.1) is 0 Å². The van der Waals surface area contributed by atoms with E-state index in [2.05, 4.69) is 130 Å². The van der Waals surface area contributed by atoms with Crippen LogP contribution >= 0.6 is 0 Å². The SMILES string of the molecule is c1ccc2nc3c4c5oc6ccccc6c5ccc4n4c5ccccc5c5ccc6c7ccccc7n(c3cc2c1)c6c54. The van der Waals surface area contributed by atoms with E-state index < -0.39 is 0 Å². The number of furan rings is 1. The summed E-state index contributed by atoms with van der Waals surface area (Å²) in [5.74, 6) is 0. The highest BCUT2D eigenvalue weighted by molar-refractivity contribution is 6.28. The van der Waals surface area contributed by atoms with E-state index in [0.717, 1.165) is 54.8 Å². The van der Waals surface area contributed by atoms with Crippen LogP contribution in [-0.2, 0) is 0 Å². The molecule has 198 valence electrons. The van der Waals surface area contributed by atoms with Crippen molar-refractivity contribution < 1.29 is 4.42 Å². The Morgan fingerprint density at radius 3 is 1.84 bits per heavy atom. The monoisotopic (exact) mass is 547 g/mol. The largest absolute Gasteiger partial charge is 0.455 e. The Bertz CT molecular complexity index is 3010. The second kappa shape index (κ2) is 7.50. The van der Waals surface area contributed by atoms with Gasteiger partial charge in [0.05, 0.1) is 44.0 Å².